The molecule has 0 aliphatic heterocycles. The van der Waals surface area contributed by atoms with Gasteiger partial charge in [-0.1, -0.05) is 13.0 Å². The number of aromatic nitrogens is 2. The molecule has 0 saturated heterocycles. The zero-order valence-electron chi connectivity index (χ0n) is 14.2. The largest absolute Gasteiger partial charge is 0.320 e. The third kappa shape index (κ3) is 3.39. The van der Waals surface area contributed by atoms with E-state index in [9.17, 15) is 9.59 Å². The van der Waals surface area contributed by atoms with Gasteiger partial charge in [0.1, 0.15) is 4.83 Å². The van der Waals surface area contributed by atoms with Crippen molar-refractivity contribution in [2.75, 3.05) is 5.32 Å². The number of rotatable bonds is 4. The molecule has 5 nitrogen and oxygen atoms in total. The number of thiophene rings is 1. The van der Waals surface area contributed by atoms with Gasteiger partial charge in [0.15, 0.2) is 0 Å². The van der Waals surface area contributed by atoms with Crippen molar-refractivity contribution in [2.45, 2.75) is 33.7 Å². The zero-order chi connectivity index (χ0) is 18.1. The second-order valence-corrected chi connectivity index (χ2v) is 7.77. The fourth-order valence-electron chi connectivity index (χ4n) is 2.68. The van der Waals surface area contributed by atoms with Crippen molar-refractivity contribution >= 4 is 49.1 Å². The molecule has 2 aromatic heterocycles. The van der Waals surface area contributed by atoms with Crippen LogP contribution in [0, 0.1) is 13.8 Å². The molecule has 0 radical (unpaired) electrons. The number of carbonyl (C=O) groups excluding carboxylic acids is 1. The predicted octanol–water partition coefficient (Wildman–Crippen LogP) is 4.50. The molecule has 0 saturated carbocycles. The lowest BCUT2D eigenvalue weighted by molar-refractivity contribution is 0.103. The highest BCUT2D eigenvalue weighted by Crippen LogP contribution is 2.29. The second-order valence-electron chi connectivity index (χ2n) is 5.92. The molecule has 0 atom stereocenters. The number of amides is 1. The summed E-state index contributed by atoms with van der Waals surface area (Å²) in [6.07, 6.45) is 2.41. The Kier molecular flexibility index (Phi) is 5.06. The van der Waals surface area contributed by atoms with Crippen LogP contribution in [0.4, 0.5) is 5.69 Å². The predicted molar refractivity (Wildman–Crippen MR) is 106 cm³/mol. The van der Waals surface area contributed by atoms with Gasteiger partial charge in [0.05, 0.1) is 22.3 Å². The Morgan fingerprint density at radius 1 is 1.36 bits per heavy atom. The van der Waals surface area contributed by atoms with Crippen LogP contribution in [0.25, 0.3) is 10.2 Å². The summed E-state index contributed by atoms with van der Waals surface area (Å²) in [5.41, 5.74) is 2.40. The minimum Gasteiger partial charge on any atom is -0.320 e. The molecule has 0 aliphatic carbocycles. The van der Waals surface area contributed by atoms with Crippen LogP contribution < -0.4 is 10.9 Å². The molecule has 1 aromatic carbocycles. The van der Waals surface area contributed by atoms with Gasteiger partial charge in [-0.15, -0.1) is 11.3 Å². The van der Waals surface area contributed by atoms with E-state index in [1.54, 1.807) is 17.8 Å². The van der Waals surface area contributed by atoms with Crippen molar-refractivity contribution in [3.63, 3.8) is 0 Å². The lowest BCUT2D eigenvalue weighted by Gasteiger charge is -2.07. The third-order valence-corrected chi connectivity index (χ3v) is 5.82. The van der Waals surface area contributed by atoms with Gasteiger partial charge >= 0.3 is 0 Å². The molecular weight excluding hydrogens is 402 g/mol. The van der Waals surface area contributed by atoms with Crippen LogP contribution in [0.2, 0.25) is 0 Å². The molecule has 1 N–H and O–H groups in total. The van der Waals surface area contributed by atoms with E-state index in [0.29, 0.717) is 32.9 Å². The van der Waals surface area contributed by atoms with Gasteiger partial charge in [0.25, 0.3) is 11.5 Å². The molecule has 0 aliphatic rings. The summed E-state index contributed by atoms with van der Waals surface area (Å²) < 4.78 is 2.42. The highest BCUT2D eigenvalue weighted by Gasteiger charge is 2.20. The number of aryl methyl sites for hydroxylation is 3. The van der Waals surface area contributed by atoms with Gasteiger partial charge < -0.3 is 5.32 Å². The Balaban J connectivity index is 2.01. The molecular formula is C18H18BrN3O2S. The first-order valence-corrected chi connectivity index (χ1v) is 9.59. The van der Waals surface area contributed by atoms with E-state index in [1.807, 2.05) is 32.0 Å². The molecule has 0 fully saturated rings. The van der Waals surface area contributed by atoms with Crippen molar-refractivity contribution in [1.82, 2.24) is 9.55 Å². The molecule has 3 aromatic rings. The quantitative estimate of drug-likeness (QED) is 0.676. The first kappa shape index (κ1) is 17.8. The van der Waals surface area contributed by atoms with Crippen molar-refractivity contribution in [3.8, 4) is 0 Å². The summed E-state index contributed by atoms with van der Waals surface area (Å²) in [7, 11) is 0. The van der Waals surface area contributed by atoms with Crippen LogP contribution in [-0.4, -0.2) is 15.5 Å². The summed E-state index contributed by atoms with van der Waals surface area (Å²) in [5.74, 6) is -0.230. The van der Waals surface area contributed by atoms with Crippen LogP contribution >= 0.6 is 27.3 Å². The minimum atomic E-state index is -0.230. The highest BCUT2D eigenvalue weighted by atomic mass is 79.9. The van der Waals surface area contributed by atoms with Crippen molar-refractivity contribution in [2.24, 2.45) is 0 Å². The average molecular weight is 420 g/mol. The Hall–Kier alpha value is -1.99. The number of nitrogens with one attached hydrogen (secondary N) is 1. The summed E-state index contributed by atoms with van der Waals surface area (Å²) in [5, 5.41) is 3.44. The molecule has 0 spiro atoms. The molecule has 0 unspecified atom stereocenters. The van der Waals surface area contributed by atoms with Crippen LogP contribution in [0.3, 0.4) is 0 Å². The Morgan fingerprint density at radius 2 is 2.12 bits per heavy atom. The summed E-state index contributed by atoms with van der Waals surface area (Å²) in [4.78, 5) is 30.8. The van der Waals surface area contributed by atoms with Gasteiger partial charge in [0.2, 0.25) is 0 Å². The van der Waals surface area contributed by atoms with Crippen molar-refractivity contribution in [1.29, 1.82) is 0 Å². The third-order valence-electron chi connectivity index (χ3n) is 3.96. The molecule has 2 heterocycles. The van der Waals surface area contributed by atoms with Crippen LogP contribution in [0.5, 0.6) is 0 Å². The van der Waals surface area contributed by atoms with Gasteiger partial charge in [-0.05, 0) is 59.5 Å². The maximum absolute atomic E-state index is 12.7. The lowest BCUT2D eigenvalue weighted by Crippen LogP contribution is -2.20. The van der Waals surface area contributed by atoms with Crippen LogP contribution in [0.15, 0.2) is 33.8 Å². The molecule has 3 rings (SSSR count). The Morgan fingerprint density at radius 3 is 2.80 bits per heavy atom. The van der Waals surface area contributed by atoms with Crippen LogP contribution in [-0.2, 0) is 6.54 Å². The van der Waals surface area contributed by atoms with E-state index in [4.69, 9.17) is 0 Å². The van der Waals surface area contributed by atoms with Gasteiger partial charge in [-0.25, -0.2) is 4.98 Å². The molecule has 7 heteroatoms. The number of fused-ring (bicyclic) bond motifs is 1. The molecule has 0 bridgehead atoms. The van der Waals surface area contributed by atoms with E-state index in [-0.39, 0.29) is 11.5 Å². The van der Waals surface area contributed by atoms with Crippen LogP contribution in [0.1, 0.15) is 34.1 Å². The standard InChI is InChI=1S/C18H18BrN3O2S/c1-4-7-22-9-20-17-14(18(22)24)11(3)15(25-17)16(23)21-13-6-5-10(2)8-12(13)19/h5-6,8-9H,4,7H2,1-3H3,(H,21,23). The maximum Gasteiger partial charge on any atom is 0.266 e. The average Bonchev–Trinajstić information content (AvgIpc) is 2.90. The number of hydrogen-bond donors (Lipinski definition) is 1. The minimum absolute atomic E-state index is 0.0869. The number of benzene rings is 1. The second kappa shape index (κ2) is 7.09. The van der Waals surface area contributed by atoms with Gasteiger partial charge in [0, 0.05) is 11.0 Å². The van der Waals surface area contributed by atoms with E-state index in [0.717, 1.165) is 16.5 Å². The van der Waals surface area contributed by atoms with Crippen molar-refractivity contribution in [3.05, 3.63) is 55.4 Å². The van der Waals surface area contributed by atoms with E-state index < -0.39 is 0 Å². The highest BCUT2D eigenvalue weighted by molar-refractivity contribution is 9.10. The monoisotopic (exact) mass is 419 g/mol. The van der Waals surface area contributed by atoms with E-state index >= 15 is 0 Å². The fourth-order valence-corrected chi connectivity index (χ4v) is 4.30. The normalized spacial score (nSPS) is 11.0. The summed E-state index contributed by atoms with van der Waals surface area (Å²) in [6, 6.07) is 5.73. The lowest BCUT2D eigenvalue weighted by atomic mass is 10.2. The number of anilines is 1. The summed E-state index contributed by atoms with van der Waals surface area (Å²) >= 11 is 4.71. The SMILES string of the molecule is CCCn1cnc2sc(C(=O)Nc3ccc(C)cc3Br)c(C)c2c1=O. The van der Waals surface area contributed by atoms with Gasteiger partial charge in [-0.2, -0.15) is 0 Å². The van der Waals surface area contributed by atoms with E-state index in [2.05, 4.69) is 26.2 Å². The Labute approximate surface area is 157 Å². The topological polar surface area (TPSA) is 64.0 Å². The fraction of sp³-hybridized carbons (Fsp3) is 0.278. The van der Waals surface area contributed by atoms with Gasteiger partial charge in [-0.3, -0.25) is 14.2 Å². The molecule has 1 amide bonds. The zero-order valence-corrected chi connectivity index (χ0v) is 16.6. The van der Waals surface area contributed by atoms with E-state index in [1.165, 1.54) is 11.3 Å². The summed E-state index contributed by atoms with van der Waals surface area (Å²) in [6.45, 7) is 6.42. The number of hydrogen-bond acceptors (Lipinski definition) is 4. The first-order chi connectivity index (χ1) is 11.9. The molecule has 130 valence electrons. The first-order valence-electron chi connectivity index (χ1n) is 7.98. The molecule has 25 heavy (non-hydrogen) atoms. The van der Waals surface area contributed by atoms with Crippen molar-refractivity contribution < 1.29 is 4.79 Å². The maximum atomic E-state index is 12.7. The number of halogens is 1. The number of carbonyl (C=O) groups is 1. The Bertz CT molecular complexity index is 1020. The smallest absolute Gasteiger partial charge is 0.266 e. The number of nitrogens with zero attached hydrogens (tertiary/aromatic N) is 2.